The van der Waals surface area contributed by atoms with E-state index in [1.165, 1.54) is 12.8 Å². The van der Waals surface area contributed by atoms with Gasteiger partial charge >= 0.3 is 5.97 Å². The maximum absolute atomic E-state index is 10.7. The molecular formula is C12H19N3O2. The Morgan fingerprint density at radius 2 is 2.29 bits per heavy atom. The van der Waals surface area contributed by atoms with Gasteiger partial charge in [0, 0.05) is 6.54 Å². The van der Waals surface area contributed by atoms with Crippen LogP contribution in [-0.4, -0.2) is 26.1 Å². The summed E-state index contributed by atoms with van der Waals surface area (Å²) in [4.78, 5) is 10.7. The fourth-order valence-corrected chi connectivity index (χ4v) is 2.05. The van der Waals surface area contributed by atoms with Crippen molar-refractivity contribution >= 4 is 5.97 Å². The minimum absolute atomic E-state index is 0.0151. The molecule has 1 aliphatic carbocycles. The third-order valence-electron chi connectivity index (χ3n) is 3.17. The number of rotatable bonds is 7. The minimum atomic E-state index is -0.836. The SMILES string of the molecule is CCCc1c(CC(=O)O)nnn1CCC1CC1. The van der Waals surface area contributed by atoms with Crippen molar-refractivity contribution < 1.29 is 9.90 Å². The number of nitrogens with zero attached hydrogens (tertiary/aromatic N) is 3. The second-order valence-corrected chi connectivity index (χ2v) is 4.76. The van der Waals surface area contributed by atoms with E-state index in [1.54, 1.807) is 0 Å². The molecule has 5 heteroatoms. The molecule has 1 saturated carbocycles. The van der Waals surface area contributed by atoms with Crippen molar-refractivity contribution in [3.63, 3.8) is 0 Å². The van der Waals surface area contributed by atoms with Crippen molar-refractivity contribution in [2.45, 2.75) is 52.0 Å². The Morgan fingerprint density at radius 3 is 2.88 bits per heavy atom. The Balaban J connectivity index is 2.06. The molecular weight excluding hydrogens is 218 g/mol. The minimum Gasteiger partial charge on any atom is -0.481 e. The van der Waals surface area contributed by atoms with Crippen LogP contribution in [0, 0.1) is 5.92 Å². The van der Waals surface area contributed by atoms with Crippen LogP contribution in [0.4, 0.5) is 0 Å². The molecule has 0 radical (unpaired) electrons. The highest BCUT2D eigenvalue weighted by molar-refractivity contribution is 5.69. The Bertz CT molecular complexity index is 396. The topological polar surface area (TPSA) is 68.0 Å². The summed E-state index contributed by atoms with van der Waals surface area (Å²) in [6, 6.07) is 0. The Kier molecular flexibility index (Phi) is 3.76. The molecule has 1 aliphatic rings. The van der Waals surface area contributed by atoms with Crippen LogP contribution in [0.5, 0.6) is 0 Å². The predicted octanol–water partition coefficient (Wildman–Crippen LogP) is 1.66. The molecule has 0 atom stereocenters. The van der Waals surface area contributed by atoms with E-state index in [9.17, 15) is 4.79 Å². The monoisotopic (exact) mass is 237 g/mol. The molecule has 5 nitrogen and oxygen atoms in total. The van der Waals surface area contributed by atoms with E-state index in [0.717, 1.165) is 37.4 Å². The zero-order valence-electron chi connectivity index (χ0n) is 10.2. The Hall–Kier alpha value is -1.39. The molecule has 1 aromatic heterocycles. The lowest BCUT2D eigenvalue weighted by molar-refractivity contribution is -0.136. The number of carboxylic acids is 1. The van der Waals surface area contributed by atoms with Crippen molar-refractivity contribution in [2.24, 2.45) is 5.92 Å². The van der Waals surface area contributed by atoms with Crippen molar-refractivity contribution in [1.82, 2.24) is 15.0 Å². The van der Waals surface area contributed by atoms with E-state index >= 15 is 0 Å². The smallest absolute Gasteiger partial charge is 0.309 e. The molecule has 0 aromatic carbocycles. The van der Waals surface area contributed by atoms with Gasteiger partial charge in [0.1, 0.15) is 0 Å². The normalized spacial score (nSPS) is 15.1. The van der Waals surface area contributed by atoms with Gasteiger partial charge in [0.15, 0.2) is 0 Å². The van der Waals surface area contributed by atoms with Crippen LogP contribution in [-0.2, 0) is 24.2 Å². The standard InChI is InChI=1S/C12H19N3O2/c1-2-3-11-10(8-12(16)17)13-14-15(11)7-6-9-4-5-9/h9H,2-8H2,1H3,(H,16,17). The summed E-state index contributed by atoms with van der Waals surface area (Å²) in [5.74, 6) is 0.0215. The van der Waals surface area contributed by atoms with Crippen molar-refractivity contribution in [3.05, 3.63) is 11.4 Å². The van der Waals surface area contributed by atoms with E-state index in [0.29, 0.717) is 5.69 Å². The Labute approximate surface area is 101 Å². The first-order valence-corrected chi connectivity index (χ1v) is 6.33. The third kappa shape index (κ3) is 3.28. The first-order chi connectivity index (χ1) is 8.20. The fraction of sp³-hybridized carbons (Fsp3) is 0.750. The molecule has 1 N–H and O–H groups in total. The fourth-order valence-electron chi connectivity index (χ4n) is 2.05. The molecule has 0 spiro atoms. The van der Waals surface area contributed by atoms with Gasteiger partial charge in [-0.2, -0.15) is 0 Å². The predicted molar refractivity (Wildman–Crippen MR) is 62.7 cm³/mol. The maximum Gasteiger partial charge on any atom is 0.309 e. The third-order valence-corrected chi connectivity index (χ3v) is 3.17. The van der Waals surface area contributed by atoms with Gasteiger partial charge < -0.3 is 5.11 Å². The van der Waals surface area contributed by atoms with Crippen LogP contribution in [0.3, 0.4) is 0 Å². The van der Waals surface area contributed by atoms with Crippen molar-refractivity contribution in [3.8, 4) is 0 Å². The van der Waals surface area contributed by atoms with E-state index in [2.05, 4.69) is 17.2 Å². The molecule has 1 aromatic rings. The van der Waals surface area contributed by atoms with Gasteiger partial charge in [-0.3, -0.25) is 4.79 Å². The van der Waals surface area contributed by atoms with Crippen LogP contribution in [0.15, 0.2) is 0 Å². The van der Waals surface area contributed by atoms with Gasteiger partial charge in [-0.1, -0.05) is 31.4 Å². The summed E-state index contributed by atoms with van der Waals surface area (Å²) >= 11 is 0. The summed E-state index contributed by atoms with van der Waals surface area (Å²) in [6.45, 7) is 2.97. The van der Waals surface area contributed by atoms with Crippen LogP contribution >= 0.6 is 0 Å². The second kappa shape index (κ2) is 5.29. The molecule has 0 unspecified atom stereocenters. The lowest BCUT2D eigenvalue weighted by atomic mass is 10.1. The highest BCUT2D eigenvalue weighted by atomic mass is 16.4. The molecule has 0 saturated heterocycles. The van der Waals surface area contributed by atoms with Crippen LogP contribution < -0.4 is 0 Å². The highest BCUT2D eigenvalue weighted by Gasteiger charge is 2.22. The average Bonchev–Trinajstić information content (AvgIpc) is 3.03. The highest BCUT2D eigenvalue weighted by Crippen LogP contribution is 2.32. The molecule has 2 rings (SSSR count). The van der Waals surface area contributed by atoms with Gasteiger partial charge in [-0.05, 0) is 18.8 Å². The Morgan fingerprint density at radius 1 is 1.53 bits per heavy atom. The summed E-state index contributed by atoms with van der Waals surface area (Å²) < 4.78 is 1.90. The van der Waals surface area contributed by atoms with E-state index in [-0.39, 0.29) is 6.42 Å². The van der Waals surface area contributed by atoms with Crippen LogP contribution in [0.2, 0.25) is 0 Å². The van der Waals surface area contributed by atoms with Gasteiger partial charge in [-0.15, -0.1) is 5.10 Å². The van der Waals surface area contributed by atoms with Crippen molar-refractivity contribution in [1.29, 1.82) is 0 Å². The summed E-state index contributed by atoms with van der Waals surface area (Å²) in [7, 11) is 0. The summed E-state index contributed by atoms with van der Waals surface area (Å²) in [6.07, 6.45) is 5.65. The number of hydrogen-bond acceptors (Lipinski definition) is 3. The quantitative estimate of drug-likeness (QED) is 0.783. The molecule has 17 heavy (non-hydrogen) atoms. The first kappa shape index (κ1) is 12.1. The summed E-state index contributed by atoms with van der Waals surface area (Å²) in [5.41, 5.74) is 1.64. The second-order valence-electron chi connectivity index (χ2n) is 4.76. The zero-order chi connectivity index (χ0) is 12.3. The largest absolute Gasteiger partial charge is 0.481 e. The number of hydrogen-bond donors (Lipinski definition) is 1. The zero-order valence-corrected chi connectivity index (χ0v) is 10.2. The number of aliphatic carboxylic acids is 1. The van der Waals surface area contributed by atoms with Crippen molar-refractivity contribution in [2.75, 3.05) is 0 Å². The van der Waals surface area contributed by atoms with Crippen LogP contribution in [0.1, 0.15) is 44.0 Å². The molecule has 94 valence electrons. The maximum atomic E-state index is 10.7. The molecule has 0 bridgehead atoms. The summed E-state index contributed by atoms with van der Waals surface area (Å²) in [5, 5.41) is 16.9. The lowest BCUT2D eigenvalue weighted by Gasteiger charge is -2.05. The molecule has 1 fully saturated rings. The van der Waals surface area contributed by atoms with E-state index < -0.39 is 5.97 Å². The van der Waals surface area contributed by atoms with Gasteiger partial charge in [-0.25, -0.2) is 4.68 Å². The lowest BCUT2D eigenvalue weighted by Crippen LogP contribution is -2.09. The first-order valence-electron chi connectivity index (χ1n) is 6.33. The van der Waals surface area contributed by atoms with E-state index in [1.807, 2.05) is 4.68 Å². The van der Waals surface area contributed by atoms with E-state index in [4.69, 9.17) is 5.11 Å². The molecule has 1 heterocycles. The van der Waals surface area contributed by atoms with Gasteiger partial charge in [0.2, 0.25) is 0 Å². The number of carbonyl (C=O) groups is 1. The number of aryl methyl sites for hydroxylation is 1. The van der Waals surface area contributed by atoms with Gasteiger partial charge in [0.25, 0.3) is 0 Å². The number of carboxylic acid groups (broad SMARTS) is 1. The molecule has 0 amide bonds. The molecule has 0 aliphatic heterocycles. The average molecular weight is 237 g/mol. The van der Waals surface area contributed by atoms with Crippen LogP contribution in [0.25, 0.3) is 0 Å². The number of aromatic nitrogens is 3. The van der Waals surface area contributed by atoms with Gasteiger partial charge in [0.05, 0.1) is 17.8 Å².